The van der Waals surface area contributed by atoms with Crippen molar-refractivity contribution in [3.05, 3.63) is 0 Å². The Bertz CT molecular complexity index is 484. The first-order valence-electron chi connectivity index (χ1n) is 15.4. The highest BCUT2D eigenvalue weighted by atomic mass is 16.6. The molecule has 0 unspecified atom stereocenters. The molecule has 0 aliphatic rings. The summed E-state index contributed by atoms with van der Waals surface area (Å²) in [6.07, 6.45) is 26.2. The van der Waals surface area contributed by atoms with Crippen molar-refractivity contribution in [2.24, 2.45) is 5.41 Å². The summed E-state index contributed by atoms with van der Waals surface area (Å²) in [5, 5.41) is 0. The Morgan fingerprint density at radius 2 is 0.686 bits per heavy atom. The van der Waals surface area contributed by atoms with Gasteiger partial charge in [0.1, 0.15) is 0 Å². The fourth-order valence-corrected chi connectivity index (χ4v) is 4.70. The van der Waals surface area contributed by atoms with E-state index in [0.717, 1.165) is 38.5 Å². The fourth-order valence-electron chi connectivity index (χ4n) is 4.70. The number of ether oxygens (including phenoxy) is 2. The minimum atomic E-state index is -1.14. The summed E-state index contributed by atoms with van der Waals surface area (Å²) in [6, 6.07) is 0. The predicted octanol–water partition coefficient (Wildman–Crippen LogP) is 9.72. The van der Waals surface area contributed by atoms with E-state index in [2.05, 4.69) is 13.8 Å². The molecule has 208 valence electrons. The van der Waals surface area contributed by atoms with E-state index < -0.39 is 17.4 Å². The molecule has 0 N–H and O–H groups in total. The highest BCUT2D eigenvalue weighted by Gasteiger charge is 2.45. The molecule has 0 heterocycles. The minimum Gasteiger partial charge on any atom is -0.465 e. The molecule has 0 aromatic rings. The van der Waals surface area contributed by atoms with E-state index in [1.165, 1.54) is 89.9 Å². The third-order valence-electron chi connectivity index (χ3n) is 7.45. The third-order valence-corrected chi connectivity index (χ3v) is 7.45. The second-order valence-corrected chi connectivity index (χ2v) is 10.4. The highest BCUT2D eigenvalue weighted by molar-refractivity contribution is 5.99. The number of unbranched alkanes of at least 4 members (excludes halogenated alkanes) is 18. The monoisotopic (exact) mass is 496 g/mol. The Hall–Kier alpha value is -1.06. The summed E-state index contributed by atoms with van der Waals surface area (Å²) in [7, 11) is 0. The Morgan fingerprint density at radius 1 is 0.429 bits per heavy atom. The maximum absolute atomic E-state index is 12.7. The van der Waals surface area contributed by atoms with E-state index in [1.807, 2.05) is 13.8 Å². The van der Waals surface area contributed by atoms with Crippen LogP contribution in [0.2, 0.25) is 0 Å². The van der Waals surface area contributed by atoms with Crippen LogP contribution in [0, 0.1) is 5.41 Å². The van der Waals surface area contributed by atoms with Gasteiger partial charge in [0.15, 0.2) is 5.41 Å². The summed E-state index contributed by atoms with van der Waals surface area (Å²) in [5.74, 6) is -0.807. The second-order valence-electron chi connectivity index (χ2n) is 10.4. The van der Waals surface area contributed by atoms with Gasteiger partial charge < -0.3 is 9.47 Å². The predicted molar refractivity (Wildman–Crippen MR) is 149 cm³/mol. The maximum Gasteiger partial charge on any atom is 0.323 e. The first kappa shape index (κ1) is 33.9. The molecule has 0 saturated heterocycles. The quantitative estimate of drug-likeness (QED) is 0.0679. The van der Waals surface area contributed by atoms with Gasteiger partial charge in [0.25, 0.3) is 0 Å². The number of hydrogen-bond acceptors (Lipinski definition) is 4. The summed E-state index contributed by atoms with van der Waals surface area (Å²) >= 11 is 0. The molecule has 0 aromatic heterocycles. The van der Waals surface area contributed by atoms with E-state index in [-0.39, 0.29) is 0 Å². The van der Waals surface area contributed by atoms with Gasteiger partial charge in [0, 0.05) is 0 Å². The van der Waals surface area contributed by atoms with Crippen molar-refractivity contribution in [3.8, 4) is 0 Å². The van der Waals surface area contributed by atoms with Gasteiger partial charge in [-0.1, -0.05) is 143 Å². The Balaban J connectivity index is 3.75. The van der Waals surface area contributed by atoms with Crippen LogP contribution in [0.25, 0.3) is 0 Å². The van der Waals surface area contributed by atoms with E-state index in [1.54, 1.807) is 0 Å². The van der Waals surface area contributed by atoms with E-state index in [4.69, 9.17) is 9.47 Å². The van der Waals surface area contributed by atoms with Gasteiger partial charge in [-0.15, -0.1) is 0 Å². The molecule has 0 bridgehead atoms. The van der Waals surface area contributed by atoms with E-state index >= 15 is 0 Å². The van der Waals surface area contributed by atoms with Gasteiger partial charge >= 0.3 is 11.9 Å². The SMILES string of the molecule is CCCCCCCCCCCCCCCCCCOC(=O)C(CC)(CC)C(=O)OCCCCCC. The van der Waals surface area contributed by atoms with Gasteiger partial charge in [-0.3, -0.25) is 9.59 Å². The molecule has 0 rings (SSSR count). The second kappa shape index (κ2) is 24.6. The molecule has 0 saturated carbocycles. The number of esters is 2. The van der Waals surface area contributed by atoms with E-state index in [9.17, 15) is 9.59 Å². The average molecular weight is 497 g/mol. The first-order chi connectivity index (χ1) is 17.1. The molecule has 0 aromatic carbocycles. The molecular weight excluding hydrogens is 436 g/mol. The van der Waals surface area contributed by atoms with Crippen molar-refractivity contribution < 1.29 is 19.1 Å². The van der Waals surface area contributed by atoms with Crippen molar-refractivity contribution >= 4 is 11.9 Å². The van der Waals surface area contributed by atoms with Crippen LogP contribution in [0.3, 0.4) is 0 Å². The zero-order chi connectivity index (χ0) is 26.0. The van der Waals surface area contributed by atoms with Crippen LogP contribution in [-0.2, 0) is 19.1 Å². The zero-order valence-electron chi connectivity index (χ0n) is 24.1. The Labute approximate surface area is 218 Å². The van der Waals surface area contributed by atoms with Gasteiger partial charge in [-0.2, -0.15) is 0 Å². The largest absolute Gasteiger partial charge is 0.465 e. The topological polar surface area (TPSA) is 52.6 Å². The molecule has 0 amide bonds. The third kappa shape index (κ3) is 17.1. The van der Waals surface area contributed by atoms with Crippen LogP contribution >= 0.6 is 0 Å². The van der Waals surface area contributed by atoms with Crippen LogP contribution in [0.1, 0.15) is 169 Å². The molecule has 0 fully saturated rings. The Morgan fingerprint density at radius 3 is 0.971 bits per heavy atom. The lowest BCUT2D eigenvalue weighted by Gasteiger charge is -2.27. The molecule has 0 atom stereocenters. The van der Waals surface area contributed by atoms with Gasteiger partial charge in [-0.05, 0) is 25.7 Å². The van der Waals surface area contributed by atoms with E-state index in [0.29, 0.717) is 26.1 Å². The maximum atomic E-state index is 12.7. The number of carbonyl (C=O) groups excluding carboxylic acids is 2. The van der Waals surface area contributed by atoms with Crippen molar-refractivity contribution in [2.45, 2.75) is 169 Å². The van der Waals surface area contributed by atoms with Crippen molar-refractivity contribution in [1.29, 1.82) is 0 Å². The summed E-state index contributed by atoms with van der Waals surface area (Å²) in [5.41, 5.74) is -1.14. The Kier molecular flexibility index (Phi) is 23.9. The molecule has 0 radical (unpaired) electrons. The molecule has 0 spiro atoms. The van der Waals surface area contributed by atoms with Crippen LogP contribution in [0.15, 0.2) is 0 Å². The van der Waals surface area contributed by atoms with Crippen LogP contribution in [0.4, 0.5) is 0 Å². The van der Waals surface area contributed by atoms with Crippen molar-refractivity contribution in [2.75, 3.05) is 13.2 Å². The molecule has 0 aliphatic carbocycles. The molecular formula is C31H60O4. The highest BCUT2D eigenvalue weighted by Crippen LogP contribution is 2.30. The lowest BCUT2D eigenvalue weighted by Crippen LogP contribution is -2.41. The number of rotatable bonds is 26. The smallest absolute Gasteiger partial charge is 0.323 e. The zero-order valence-corrected chi connectivity index (χ0v) is 24.1. The summed E-state index contributed by atoms with van der Waals surface area (Å²) < 4.78 is 11.0. The lowest BCUT2D eigenvalue weighted by atomic mass is 9.82. The normalized spacial score (nSPS) is 11.5. The minimum absolute atomic E-state index is 0.396. The van der Waals surface area contributed by atoms with Crippen LogP contribution in [-0.4, -0.2) is 25.2 Å². The van der Waals surface area contributed by atoms with Crippen LogP contribution < -0.4 is 0 Å². The van der Waals surface area contributed by atoms with Crippen LogP contribution in [0.5, 0.6) is 0 Å². The molecule has 4 nitrogen and oxygen atoms in total. The number of hydrogen-bond donors (Lipinski definition) is 0. The van der Waals surface area contributed by atoms with Crippen molar-refractivity contribution in [3.63, 3.8) is 0 Å². The first-order valence-corrected chi connectivity index (χ1v) is 15.4. The summed E-state index contributed by atoms with van der Waals surface area (Å²) in [6.45, 7) is 8.98. The fraction of sp³-hybridized carbons (Fsp3) is 0.935. The summed E-state index contributed by atoms with van der Waals surface area (Å²) in [4.78, 5) is 25.4. The van der Waals surface area contributed by atoms with Crippen molar-refractivity contribution in [1.82, 2.24) is 0 Å². The molecule has 4 heteroatoms. The lowest BCUT2D eigenvalue weighted by molar-refractivity contribution is -0.173. The van der Waals surface area contributed by atoms with Gasteiger partial charge in [0.05, 0.1) is 13.2 Å². The van der Waals surface area contributed by atoms with Gasteiger partial charge in [0.2, 0.25) is 0 Å². The number of carbonyl (C=O) groups is 2. The average Bonchev–Trinajstić information content (AvgIpc) is 2.86. The molecule has 0 aliphatic heterocycles. The standard InChI is InChI=1S/C31H60O4/c1-5-9-11-13-14-15-16-17-18-19-20-21-22-23-24-26-28-35-30(33)31(7-3,8-4)29(32)34-27-25-12-10-6-2/h5-28H2,1-4H3. The van der Waals surface area contributed by atoms with Gasteiger partial charge in [-0.25, -0.2) is 0 Å². The molecule has 35 heavy (non-hydrogen) atoms.